The number of guanidine groups is 1. The Hall–Kier alpha value is -9.90. The van der Waals surface area contributed by atoms with Gasteiger partial charge in [-0.3, -0.25) is 62.5 Å². The van der Waals surface area contributed by atoms with Gasteiger partial charge in [-0.05, 0) is 116 Å². The van der Waals surface area contributed by atoms with Crippen molar-refractivity contribution in [2.45, 2.75) is 191 Å². The molecule has 4 aromatic rings. The van der Waals surface area contributed by atoms with Crippen LogP contribution >= 0.6 is 11.6 Å². The van der Waals surface area contributed by atoms with Crippen LogP contribution in [0.2, 0.25) is 5.02 Å². The highest BCUT2D eigenvalue weighted by atomic mass is 35.5. The standard InChI is InChI=1S/C69H94ClN15O14/c1-6-7-14-47-36-55(78-58(89)28-27-49(76-40(5)87)60(91)81-52(61(92)77-47)33-41-18-23-46(70)24-19-41)65(96)84-56(37-86)66(97)83-53(34-42-20-25-48(88)26-21-42)63(94)82-54(35-43-17-22-44-12-8-9-13-45(44)32-43)64(95)80-51(31-38(2)3)62(93)79-50(15-10-29-74-69(72)73)68(99)85-30-11-16-57(85)67(98)75-39(4)59(71)90/h8-9,12-13,17-26,32,38-39,47,49-57,86,88H,6-7,10-11,14-16,27-31,33-37H2,1-5H3,(H2,71,90)(H,75,98)(H,76,87)(H,77,92)(H,78,89)(H,79,93)(H,80,95)(H,81,91)(H,82,94)(H,83,97)(H,84,96)(H4,72,73,74)/t39-,47?,49+,50+,51-,52-,53+,54-,55+,56+,57+/m1/s1. The topological polar surface area (TPSA) is 459 Å². The van der Waals surface area contributed by atoms with E-state index in [0.717, 1.165) is 10.8 Å². The normalized spacial score (nSPS) is 19.2. The van der Waals surface area contributed by atoms with Gasteiger partial charge >= 0.3 is 0 Å². The molecule has 2 heterocycles. The number of phenols is 1. The molecule has 0 saturated carbocycles. The molecule has 18 N–H and O–H groups in total. The summed E-state index contributed by atoms with van der Waals surface area (Å²) in [6.45, 7) is 7.24. The zero-order valence-corrected chi connectivity index (χ0v) is 57.2. The Bertz CT molecular complexity index is 3540. The number of phenolic OH excluding ortho intramolecular Hbond substituents is 1. The molecule has 2 fully saturated rings. The molecule has 0 bridgehead atoms. The lowest BCUT2D eigenvalue weighted by atomic mass is 9.98. The summed E-state index contributed by atoms with van der Waals surface area (Å²) in [5.74, 6) is -10.0. The summed E-state index contributed by atoms with van der Waals surface area (Å²) in [6.07, 6.45) is 0.912. The fourth-order valence-electron chi connectivity index (χ4n) is 11.7. The number of aliphatic imine (C=N–C) groups is 1. The molecule has 0 radical (unpaired) electrons. The number of unbranched alkanes of at least 4 members (excludes halogenated alkanes) is 1. The smallest absolute Gasteiger partial charge is 0.245 e. The number of fused-ring (bicyclic) bond motifs is 1. The van der Waals surface area contributed by atoms with Crippen LogP contribution in [0.4, 0.5) is 0 Å². The number of amides is 12. The van der Waals surface area contributed by atoms with E-state index < -0.39 is 150 Å². The first-order valence-electron chi connectivity index (χ1n) is 33.4. The van der Waals surface area contributed by atoms with Gasteiger partial charge in [-0.2, -0.15) is 0 Å². The Morgan fingerprint density at radius 1 is 0.677 bits per heavy atom. The molecule has 4 aromatic carbocycles. The van der Waals surface area contributed by atoms with Crippen LogP contribution < -0.4 is 70.4 Å². The third-order valence-corrected chi connectivity index (χ3v) is 17.3. The number of rotatable bonds is 31. The van der Waals surface area contributed by atoms with Crippen molar-refractivity contribution in [1.82, 2.24) is 58.1 Å². The summed E-state index contributed by atoms with van der Waals surface area (Å²) in [5, 5.41) is 50.1. The maximum Gasteiger partial charge on any atom is 0.245 e. The minimum Gasteiger partial charge on any atom is -0.508 e. The molecular weight excluding hydrogens is 1300 g/mol. The molecule has 1 unspecified atom stereocenters. The molecular formula is C69H94ClN15O14. The predicted molar refractivity (Wildman–Crippen MR) is 369 cm³/mol. The van der Waals surface area contributed by atoms with Gasteiger partial charge in [-0.15, -0.1) is 0 Å². The number of aliphatic hydroxyl groups excluding tert-OH is 1. The SMILES string of the molecule is CCCCC1C[C@@H](C(=O)N[C@@H](CO)C(=O)N[C@@H](Cc2ccc(O)cc2)C(=O)N[C@H](Cc2ccc3ccccc3c2)C(=O)N[C@H](CC(C)C)C(=O)N[C@@H](CCCN=C(N)N)C(=O)N2CCC[C@H]2C(=O)N[C@H](C)C(N)=O)NC(=O)CC[C@H](NC(C)=O)C(=O)N[C@H](Cc2ccc(Cl)cc2)C(=O)N1. The van der Waals surface area contributed by atoms with Crippen molar-refractivity contribution >= 4 is 99.2 Å². The van der Waals surface area contributed by atoms with Gasteiger partial charge in [-0.1, -0.05) is 112 Å². The number of primary amides is 1. The second-order valence-electron chi connectivity index (χ2n) is 25.5. The number of carbonyl (C=O) groups is 12. The van der Waals surface area contributed by atoms with Crippen molar-refractivity contribution in [3.63, 3.8) is 0 Å². The summed E-state index contributed by atoms with van der Waals surface area (Å²) in [5.41, 5.74) is 18.2. The highest BCUT2D eigenvalue weighted by Crippen LogP contribution is 2.23. The number of hydrogen-bond acceptors (Lipinski definition) is 15. The molecule has 6 rings (SSSR count). The van der Waals surface area contributed by atoms with Gasteiger partial charge in [0.25, 0.3) is 0 Å². The Balaban J connectivity index is 1.30. The van der Waals surface area contributed by atoms with E-state index in [2.05, 4.69) is 58.2 Å². The van der Waals surface area contributed by atoms with E-state index in [1.54, 1.807) is 44.2 Å². The first-order valence-corrected chi connectivity index (χ1v) is 33.7. The number of nitrogens with two attached hydrogens (primary N) is 3. The number of likely N-dealkylation sites (tertiary alicyclic amines) is 1. The van der Waals surface area contributed by atoms with Crippen molar-refractivity contribution in [2.24, 2.45) is 28.1 Å². The van der Waals surface area contributed by atoms with Crippen molar-refractivity contribution < 1.29 is 67.7 Å². The third kappa shape index (κ3) is 24.9. The summed E-state index contributed by atoms with van der Waals surface area (Å²) < 4.78 is 0. The van der Waals surface area contributed by atoms with Gasteiger partial charge in [0.1, 0.15) is 66.2 Å². The molecule has 2 saturated heterocycles. The number of aliphatic hydroxyl groups is 1. The maximum atomic E-state index is 15.1. The number of hydrogen-bond donors (Lipinski definition) is 15. The zero-order valence-electron chi connectivity index (χ0n) is 56.4. The minimum atomic E-state index is -1.82. The lowest BCUT2D eigenvalue weighted by Crippen LogP contribution is -2.61. The lowest BCUT2D eigenvalue weighted by molar-refractivity contribution is -0.142. The monoisotopic (exact) mass is 1390 g/mol. The van der Waals surface area contributed by atoms with Gasteiger partial charge in [-0.25, -0.2) is 0 Å². The molecule has 30 heteroatoms. The first kappa shape index (κ1) is 78.1. The molecule has 0 aliphatic carbocycles. The Labute approximate surface area is 579 Å². The molecule has 99 heavy (non-hydrogen) atoms. The van der Waals surface area contributed by atoms with Gasteiger partial charge in [0.05, 0.1) is 6.61 Å². The zero-order chi connectivity index (χ0) is 72.5. The Morgan fingerprint density at radius 3 is 1.91 bits per heavy atom. The van der Waals surface area contributed by atoms with E-state index in [1.165, 1.54) is 43.0 Å². The fourth-order valence-corrected chi connectivity index (χ4v) is 11.8. The average molecular weight is 1390 g/mol. The van der Waals surface area contributed by atoms with Crippen LogP contribution in [0, 0.1) is 5.92 Å². The van der Waals surface area contributed by atoms with Crippen LogP contribution in [-0.4, -0.2) is 178 Å². The summed E-state index contributed by atoms with van der Waals surface area (Å²) in [7, 11) is 0. The number of benzene rings is 4. The predicted octanol–water partition coefficient (Wildman–Crippen LogP) is 0.0569. The van der Waals surface area contributed by atoms with E-state index >= 15 is 9.59 Å². The number of halogens is 1. The molecule has 0 aromatic heterocycles. The number of nitrogens with zero attached hydrogens (tertiary/aromatic N) is 2. The van der Waals surface area contributed by atoms with Gasteiger partial charge in [0, 0.05) is 56.8 Å². The molecule has 11 atom stereocenters. The Kier molecular flexibility index (Phi) is 30.2. The highest BCUT2D eigenvalue weighted by Gasteiger charge is 2.41. The molecule has 536 valence electrons. The molecule has 2 aliphatic heterocycles. The van der Waals surface area contributed by atoms with Gasteiger partial charge in [0.15, 0.2) is 5.96 Å². The summed E-state index contributed by atoms with van der Waals surface area (Å²) in [4.78, 5) is 174. The lowest BCUT2D eigenvalue weighted by Gasteiger charge is -2.31. The quantitative estimate of drug-likeness (QED) is 0.0180. The molecule has 2 aliphatic rings. The minimum absolute atomic E-state index is 0.0118. The second-order valence-corrected chi connectivity index (χ2v) is 26.0. The van der Waals surface area contributed by atoms with E-state index in [0.29, 0.717) is 41.0 Å². The Morgan fingerprint density at radius 2 is 1.28 bits per heavy atom. The van der Waals surface area contributed by atoms with Crippen molar-refractivity contribution in [3.05, 3.63) is 113 Å². The van der Waals surface area contributed by atoms with Crippen LogP contribution in [0.3, 0.4) is 0 Å². The van der Waals surface area contributed by atoms with Crippen LogP contribution in [0.15, 0.2) is 96.0 Å². The van der Waals surface area contributed by atoms with E-state index in [1.807, 2.05) is 43.3 Å². The van der Waals surface area contributed by atoms with E-state index in [-0.39, 0.29) is 94.9 Å². The summed E-state index contributed by atoms with van der Waals surface area (Å²) in [6, 6.07) is 10.6. The number of carbonyl (C=O) groups excluding carboxylic acids is 12. The van der Waals surface area contributed by atoms with Crippen LogP contribution in [-0.2, 0) is 76.8 Å². The molecule has 0 spiro atoms. The molecule has 29 nitrogen and oxygen atoms in total. The summed E-state index contributed by atoms with van der Waals surface area (Å²) >= 11 is 6.15. The fraction of sp³-hybridized carbons (Fsp3) is 0.493. The average Bonchev–Trinajstić information content (AvgIpc) is 1.82. The third-order valence-electron chi connectivity index (χ3n) is 17.0. The first-order chi connectivity index (χ1) is 47.1. The number of nitrogens with one attached hydrogen (secondary N) is 10. The highest BCUT2D eigenvalue weighted by molar-refractivity contribution is 6.30. The van der Waals surface area contributed by atoms with Crippen LogP contribution in [0.5, 0.6) is 5.75 Å². The van der Waals surface area contributed by atoms with Crippen molar-refractivity contribution in [1.29, 1.82) is 0 Å². The van der Waals surface area contributed by atoms with E-state index in [4.69, 9.17) is 28.8 Å². The van der Waals surface area contributed by atoms with Crippen molar-refractivity contribution in [3.8, 4) is 5.75 Å². The number of aromatic hydroxyl groups is 1. The van der Waals surface area contributed by atoms with E-state index in [9.17, 15) is 58.2 Å². The van der Waals surface area contributed by atoms with Gasteiger partial charge in [0.2, 0.25) is 70.9 Å². The second kappa shape index (κ2) is 38.3. The van der Waals surface area contributed by atoms with Crippen LogP contribution in [0.25, 0.3) is 10.8 Å². The largest absolute Gasteiger partial charge is 0.508 e. The maximum absolute atomic E-state index is 15.1. The van der Waals surface area contributed by atoms with Crippen LogP contribution in [0.1, 0.15) is 122 Å². The van der Waals surface area contributed by atoms with Gasteiger partial charge < -0.3 is 85.5 Å². The van der Waals surface area contributed by atoms with Crippen molar-refractivity contribution in [2.75, 3.05) is 19.7 Å². The molecule has 12 amide bonds.